The molecule has 1 aliphatic carbocycles. The summed E-state index contributed by atoms with van der Waals surface area (Å²) in [6, 6.07) is 0.542. The number of carbonyl (C=O) groups excluding carboxylic acids is 1. The lowest BCUT2D eigenvalue weighted by molar-refractivity contribution is -0.138. The molecule has 0 saturated heterocycles. The minimum Gasteiger partial charge on any atom is -0.463 e. The molecule has 2 unspecified atom stereocenters. The van der Waals surface area contributed by atoms with Crippen molar-refractivity contribution in [2.75, 3.05) is 13.2 Å². The first-order valence-electron chi connectivity index (χ1n) is 6.77. The van der Waals surface area contributed by atoms with Crippen LogP contribution in [-0.2, 0) is 9.53 Å². The molecule has 0 bridgehead atoms. The van der Waals surface area contributed by atoms with Crippen LogP contribution in [0.4, 0.5) is 0 Å². The van der Waals surface area contributed by atoms with E-state index in [2.05, 4.69) is 18.8 Å². The standard InChI is InChI=1S/C14H25NO2/c1-4-12-8-6-7-9-13(12)15-10-11(3)14(16)17-5-2/h12-13,15H,3-10H2,1-2H3. The number of carbonyl (C=O) groups is 1. The molecule has 0 amide bonds. The SMILES string of the molecule is C=C(CNC1CCCCC1CC)C(=O)OCC. The number of hydrogen-bond donors (Lipinski definition) is 1. The second-order valence-corrected chi connectivity index (χ2v) is 4.76. The van der Waals surface area contributed by atoms with E-state index in [1.165, 1.54) is 32.1 Å². The lowest BCUT2D eigenvalue weighted by Crippen LogP contribution is -2.40. The lowest BCUT2D eigenvalue weighted by Gasteiger charge is -2.31. The van der Waals surface area contributed by atoms with Crippen molar-refractivity contribution in [3.63, 3.8) is 0 Å². The summed E-state index contributed by atoms with van der Waals surface area (Å²) in [5.41, 5.74) is 0.535. The zero-order chi connectivity index (χ0) is 12.7. The van der Waals surface area contributed by atoms with Gasteiger partial charge < -0.3 is 10.1 Å². The molecule has 0 aromatic heterocycles. The molecule has 2 atom stereocenters. The smallest absolute Gasteiger partial charge is 0.334 e. The van der Waals surface area contributed by atoms with Gasteiger partial charge in [0.2, 0.25) is 0 Å². The van der Waals surface area contributed by atoms with E-state index in [0.717, 1.165) is 5.92 Å². The van der Waals surface area contributed by atoms with Crippen LogP contribution in [0.1, 0.15) is 46.0 Å². The van der Waals surface area contributed by atoms with Crippen molar-refractivity contribution in [3.05, 3.63) is 12.2 Å². The first kappa shape index (κ1) is 14.2. The summed E-state index contributed by atoms with van der Waals surface area (Å²) in [6.45, 7) is 8.80. The van der Waals surface area contributed by atoms with Crippen LogP contribution in [0.2, 0.25) is 0 Å². The molecule has 0 aromatic rings. The molecule has 17 heavy (non-hydrogen) atoms. The Hall–Kier alpha value is -0.830. The molecule has 98 valence electrons. The Bertz CT molecular complexity index is 263. The maximum absolute atomic E-state index is 11.4. The molecule has 0 heterocycles. The zero-order valence-corrected chi connectivity index (χ0v) is 11.1. The summed E-state index contributed by atoms with van der Waals surface area (Å²) in [6.07, 6.45) is 6.37. The van der Waals surface area contributed by atoms with Crippen LogP contribution in [0, 0.1) is 5.92 Å². The number of hydrogen-bond acceptors (Lipinski definition) is 3. The third-order valence-electron chi connectivity index (χ3n) is 3.58. The number of esters is 1. The van der Waals surface area contributed by atoms with Gasteiger partial charge in [-0.1, -0.05) is 32.8 Å². The quantitative estimate of drug-likeness (QED) is 0.572. The average molecular weight is 239 g/mol. The van der Waals surface area contributed by atoms with E-state index in [9.17, 15) is 4.79 Å². The summed E-state index contributed by atoms with van der Waals surface area (Å²) in [4.78, 5) is 11.4. The molecule has 1 saturated carbocycles. The van der Waals surface area contributed by atoms with E-state index in [1.54, 1.807) is 0 Å². The van der Waals surface area contributed by atoms with E-state index in [1.807, 2.05) is 6.92 Å². The van der Waals surface area contributed by atoms with Crippen molar-refractivity contribution in [2.24, 2.45) is 5.92 Å². The van der Waals surface area contributed by atoms with Crippen LogP contribution in [-0.4, -0.2) is 25.2 Å². The molecule has 1 rings (SSSR count). The van der Waals surface area contributed by atoms with Gasteiger partial charge in [0, 0.05) is 18.2 Å². The Morgan fingerprint density at radius 2 is 2.06 bits per heavy atom. The second kappa shape index (κ2) is 7.49. The van der Waals surface area contributed by atoms with Crippen molar-refractivity contribution in [1.82, 2.24) is 5.32 Å². The van der Waals surface area contributed by atoms with Gasteiger partial charge in [0.05, 0.1) is 6.61 Å². The van der Waals surface area contributed by atoms with Gasteiger partial charge in [0.15, 0.2) is 0 Å². The number of ether oxygens (including phenoxy) is 1. The van der Waals surface area contributed by atoms with Gasteiger partial charge in [-0.05, 0) is 25.7 Å². The molecular weight excluding hydrogens is 214 g/mol. The van der Waals surface area contributed by atoms with Gasteiger partial charge in [-0.3, -0.25) is 0 Å². The molecule has 3 heteroatoms. The summed E-state index contributed by atoms with van der Waals surface area (Å²) in [5.74, 6) is 0.475. The highest BCUT2D eigenvalue weighted by molar-refractivity contribution is 5.88. The fourth-order valence-corrected chi connectivity index (χ4v) is 2.52. The van der Waals surface area contributed by atoms with E-state index < -0.39 is 0 Å². The lowest BCUT2D eigenvalue weighted by atomic mass is 9.83. The van der Waals surface area contributed by atoms with E-state index >= 15 is 0 Å². The predicted octanol–water partition coefficient (Wildman–Crippen LogP) is 2.66. The highest BCUT2D eigenvalue weighted by Crippen LogP contribution is 2.26. The minimum absolute atomic E-state index is 0.274. The van der Waals surface area contributed by atoms with Crippen LogP contribution in [0.25, 0.3) is 0 Å². The van der Waals surface area contributed by atoms with Crippen molar-refractivity contribution < 1.29 is 9.53 Å². The van der Waals surface area contributed by atoms with Gasteiger partial charge in [-0.25, -0.2) is 4.79 Å². The van der Waals surface area contributed by atoms with Gasteiger partial charge in [-0.15, -0.1) is 0 Å². The van der Waals surface area contributed by atoms with Crippen molar-refractivity contribution in [1.29, 1.82) is 0 Å². The molecule has 1 N–H and O–H groups in total. The Labute approximate surface area is 105 Å². The third-order valence-corrected chi connectivity index (χ3v) is 3.58. The predicted molar refractivity (Wildman–Crippen MR) is 69.8 cm³/mol. The molecule has 0 spiro atoms. The molecule has 0 aromatic carbocycles. The molecule has 0 radical (unpaired) electrons. The fourth-order valence-electron chi connectivity index (χ4n) is 2.52. The highest BCUT2D eigenvalue weighted by atomic mass is 16.5. The molecule has 0 aliphatic heterocycles. The van der Waals surface area contributed by atoms with Gasteiger partial charge >= 0.3 is 5.97 Å². The molecule has 1 fully saturated rings. The Kier molecular flexibility index (Phi) is 6.27. The summed E-state index contributed by atoms with van der Waals surface area (Å²) in [5, 5.41) is 3.46. The van der Waals surface area contributed by atoms with Crippen LogP contribution >= 0.6 is 0 Å². The van der Waals surface area contributed by atoms with E-state index in [4.69, 9.17) is 4.74 Å². The summed E-state index contributed by atoms with van der Waals surface area (Å²) >= 11 is 0. The molecule has 3 nitrogen and oxygen atoms in total. The van der Waals surface area contributed by atoms with Crippen molar-refractivity contribution in [3.8, 4) is 0 Å². The fraction of sp³-hybridized carbons (Fsp3) is 0.786. The van der Waals surface area contributed by atoms with Gasteiger partial charge in [-0.2, -0.15) is 0 Å². The highest BCUT2D eigenvalue weighted by Gasteiger charge is 2.23. The van der Waals surface area contributed by atoms with Gasteiger partial charge in [0.25, 0.3) is 0 Å². The van der Waals surface area contributed by atoms with Crippen molar-refractivity contribution in [2.45, 2.75) is 52.0 Å². The first-order chi connectivity index (χ1) is 8.19. The largest absolute Gasteiger partial charge is 0.463 e. The minimum atomic E-state index is -0.274. The van der Waals surface area contributed by atoms with Crippen molar-refractivity contribution >= 4 is 5.97 Å². The monoisotopic (exact) mass is 239 g/mol. The maximum atomic E-state index is 11.4. The summed E-state index contributed by atoms with van der Waals surface area (Å²) < 4.78 is 4.92. The number of rotatable bonds is 6. The molecule has 1 aliphatic rings. The normalized spacial score (nSPS) is 24.4. The first-order valence-corrected chi connectivity index (χ1v) is 6.77. The maximum Gasteiger partial charge on any atom is 0.334 e. The van der Waals surface area contributed by atoms with Crippen LogP contribution in [0.15, 0.2) is 12.2 Å². The van der Waals surface area contributed by atoms with Gasteiger partial charge in [0.1, 0.15) is 0 Å². The molecular formula is C14H25NO2. The third kappa shape index (κ3) is 4.50. The number of nitrogens with one attached hydrogen (secondary N) is 1. The van der Waals surface area contributed by atoms with Crippen LogP contribution in [0.3, 0.4) is 0 Å². The topological polar surface area (TPSA) is 38.3 Å². The van der Waals surface area contributed by atoms with E-state index in [-0.39, 0.29) is 5.97 Å². The zero-order valence-electron chi connectivity index (χ0n) is 11.1. The Balaban J connectivity index is 2.33. The van der Waals surface area contributed by atoms with E-state index in [0.29, 0.717) is 24.8 Å². The Morgan fingerprint density at radius 3 is 2.71 bits per heavy atom. The average Bonchev–Trinajstić information content (AvgIpc) is 2.36. The Morgan fingerprint density at radius 1 is 1.35 bits per heavy atom. The van der Waals surface area contributed by atoms with Crippen LogP contribution < -0.4 is 5.32 Å². The van der Waals surface area contributed by atoms with Crippen LogP contribution in [0.5, 0.6) is 0 Å². The summed E-state index contributed by atoms with van der Waals surface area (Å²) in [7, 11) is 0. The second-order valence-electron chi connectivity index (χ2n) is 4.76.